The molecule has 1 heterocycles. The first-order valence-electron chi connectivity index (χ1n) is 5.00. The number of carbonyl (C=O) groups is 1. The molecule has 0 atom stereocenters. The van der Waals surface area contributed by atoms with Crippen LogP contribution in [-0.4, -0.2) is 49.2 Å². The van der Waals surface area contributed by atoms with Crippen LogP contribution in [0.4, 0.5) is 0 Å². The van der Waals surface area contributed by atoms with Crippen molar-refractivity contribution in [2.45, 2.75) is 18.9 Å². The van der Waals surface area contributed by atoms with Gasteiger partial charge in [0.1, 0.15) is 0 Å². The number of aliphatic carboxylic acids is 1. The lowest BCUT2D eigenvalue weighted by atomic mass is 10.1. The summed E-state index contributed by atoms with van der Waals surface area (Å²) < 4.78 is 23.9. The molecular weight excluding hydrogens is 232 g/mol. The second-order valence-corrected chi connectivity index (χ2v) is 5.76. The summed E-state index contributed by atoms with van der Waals surface area (Å²) in [5.41, 5.74) is 0. The number of nitrogens with zero attached hydrogens (tertiary/aromatic N) is 1. The molecule has 0 amide bonds. The maximum atomic E-state index is 11.2. The van der Waals surface area contributed by atoms with E-state index in [-0.39, 0.29) is 6.04 Å². The summed E-state index contributed by atoms with van der Waals surface area (Å²) in [6.07, 6.45) is 5.01. The van der Waals surface area contributed by atoms with Gasteiger partial charge < -0.3 is 10.4 Å². The van der Waals surface area contributed by atoms with E-state index in [1.807, 2.05) is 0 Å². The molecule has 0 aliphatic carbocycles. The third kappa shape index (κ3) is 4.19. The SMILES string of the molecule is CS(=O)(=O)N1CCC(N/C=C/C(=O)O)CC1. The van der Waals surface area contributed by atoms with E-state index < -0.39 is 16.0 Å². The van der Waals surface area contributed by atoms with Gasteiger partial charge in [0.2, 0.25) is 10.0 Å². The Labute approximate surface area is 95.0 Å². The first kappa shape index (κ1) is 13.0. The number of sulfonamides is 1. The minimum absolute atomic E-state index is 0.147. The van der Waals surface area contributed by atoms with Gasteiger partial charge in [0, 0.05) is 31.4 Å². The Bertz CT molecular complexity index is 369. The van der Waals surface area contributed by atoms with Gasteiger partial charge in [-0.2, -0.15) is 0 Å². The summed E-state index contributed by atoms with van der Waals surface area (Å²) in [5, 5.41) is 11.3. The molecule has 0 aromatic carbocycles. The molecule has 0 saturated carbocycles. The van der Waals surface area contributed by atoms with Crippen molar-refractivity contribution in [3.63, 3.8) is 0 Å². The number of carboxylic acids is 1. The van der Waals surface area contributed by atoms with Crippen LogP contribution in [0.15, 0.2) is 12.3 Å². The lowest BCUT2D eigenvalue weighted by Gasteiger charge is -2.30. The highest BCUT2D eigenvalue weighted by Gasteiger charge is 2.23. The molecule has 0 spiro atoms. The van der Waals surface area contributed by atoms with Crippen LogP contribution < -0.4 is 5.32 Å². The highest BCUT2D eigenvalue weighted by atomic mass is 32.2. The fourth-order valence-corrected chi connectivity index (χ4v) is 2.48. The summed E-state index contributed by atoms with van der Waals surface area (Å²) in [6.45, 7) is 0.967. The minimum atomic E-state index is -3.09. The molecule has 1 aliphatic rings. The molecule has 0 aromatic heterocycles. The van der Waals surface area contributed by atoms with E-state index in [9.17, 15) is 13.2 Å². The number of hydrogen-bond acceptors (Lipinski definition) is 4. The van der Waals surface area contributed by atoms with Gasteiger partial charge in [-0.3, -0.25) is 0 Å². The smallest absolute Gasteiger partial charge is 0.329 e. The quantitative estimate of drug-likeness (QED) is 0.661. The molecule has 1 saturated heterocycles. The summed E-state index contributed by atoms with van der Waals surface area (Å²) >= 11 is 0. The van der Waals surface area contributed by atoms with E-state index in [0.29, 0.717) is 25.9 Å². The Hall–Kier alpha value is -1.08. The summed E-state index contributed by atoms with van der Waals surface area (Å²) in [4.78, 5) is 10.2. The zero-order valence-electron chi connectivity index (χ0n) is 9.09. The first-order valence-corrected chi connectivity index (χ1v) is 6.85. The third-order valence-corrected chi connectivity index (χ3v) is 3.78. The summed E-state index contributed by atoms with van der Waals surface area (Å²) in [5.74, 6) is -0.999. The lowest BCUT2D eigenvalue weighted by Crippen LogP contribution is -2.43. The fourth-order valence-electron chi connectivity index (χ4n) is 1.61. The first-order chi connectivity index (χ1) is 7.39. The summed E-state index contributed by atoms with van der Waals surface area (Å²) in [7, 11) is -3.09. The van der Waals surface area contributed by atoms with E-state index >= 15 is 0 Å². The predicted octanol–water partition coefficient (Wildman–Crippen LogP) is -0.402. The van der Waals surface area contributed by atoms with Crippen molar-refractivity contribution in [2.24, 2.45) is 0 Å². The van der Waals surface area contributed by atoms with Crippen molar-refractivity contribution in [1.82, 2.24) is 9.62 Å². The Kier molecular flexibility index (Phi) is 4.31. The third-order valence-electron chi connectivity index (χ3n) is 2.48. The van der Waals surface area contributed by atoms with Crippen molar-refractivity contribution < 1.29 is 18.3 Å². The number of piperidine rings is 1. The van der Waals surface area contributed by atoms with Gasteiger partial charge in [0.25, 0.3) is 0 Å². The molecule has 7 heteroatoms. The number of hydrogen-bond donors (Lipinski definition) is 2. The summed E-state index contributed by atoms with van der Waals surface area (Å²) in [6, 6.07) is 0.147. The minimum Gasteiger partial charge on any atom is -0.478 e. The van der Waals surface area contributed by atoms with Gasteiger partial charge in [0.05, 0.1) is 6.26 Å². The molecule has 0 unspecified atom stereocenters. The number of nitrogens with one attached hydrogen (secondary N) is 1. The van der Waals surface area contributed by atoms with E-state index in [1.165, 1.54) is 16.8 Å². The van der Waals surface area contributed by atoms with Crippen molar-refractivity contribution >= 4 is 16.0 Å². The zero-order chi connectivity index (χ0) is 12.2. The van der Waals surface area contributed by atoms with Crippen LogP contribution in [0.5, 0.6) is 0 Å². The van der Waals surface area contributed by atoms with Crippen LogP contribution in [0, 0.1) is 0 Å². The van der Waals surface area contributed by atoms with E-state index in [4.69, 9.17) is 5.11 Å². The molecule has 16 heavy (non-hydrogen) atoms. The Balaban J connectivity index is 2.35. The molecule has 1 rings (SSSR count). The Morgan fingerprint density at radius 1 is 1.44 bits per heavy atom. The molecule has 1 fully saturated rings. The molecule has 2 N–H and O–H groups in total. The van der Waals surface area contributed by atoms with Gasteiger partial charge >= 0.3 is 5.97 Å². The largest absolute Gasteiger partial charge is 0.478 e. The molecule has 0 bridgehead atoms. The molecule has 0 aromatic rings. The molecule has 0 radical (unpaired) electrons. The average molecular weight is 248 g/mol. The van der Waals surface area contributed by atoms with Crippen LogP contribution in [0.3, 0.4) is 0 Å². The van der Waals surface area contributed by atoms with E-state index in [1.54, 1.807) is 0 Å². The van der Waals surface area contributed by atoms with Gasteiger partial charge in [-0.05, 0) is 12.8 Å². The standard InChI is InChI=1S/C9H16N2O4S/c1-16(14,15)11-6-3-8(4-7-11)10-5-2-9(12)13/h2,5,8,10H,3-4,6-7H2,1H3,(H,12,13)/b5-2+. The van der Waals surface area contributed by atoms with Crippen LogP contribution in [-0.2, 0) is 14.8 Å². The Morgan fingerprint density at radius 3 is 2.44 bits per heavy atom. The maximum Gasteiger partial charge on any atom is 0.329 e. The monoisotopic (exact) mass is 248 g/mol. The van der Waals surface area contributed by atoms with E-state index in [2.05, 4.69) is 5.32 Å². The van der Waals surface area contributed by atoms with Gasteiger partial charge in [-0.25, -0.2) is 17.5 Å². The maximum absolute atomic E-state index is 11.2. The lowest BCUT2D eigenvalue weighted by molar-refractivity contribution is -0.131. The van der Waals surface area contributed by atoms with Crippen LogP contribution in [0.25, 0.3) is 0 Å². The fraction of sp³-hybridized carbons (Fsp3) is 0.667. The van der Waals surface area contributed by atoms with Crippen LogP contribution >= 0.6 is 0 Å². The van der Waals surface area contributed by atoms with Crippen molar-refractivity contribution in [2.75, 3.05) is 19.3 Å². The van der Waals surface area contributed by atoms with Gasteiger partial charge in [-0.15, -0.1) is 0 Å². The highest BCUT2D eigenvalue weighted by Crippen LogP contribution is 2.12. The number of rotatable bonds is 4. The molecule has 6 nitrogen and oxygen atoms in total. The topological polar surface area (TPSA) is 86.7 Å². The molecule has 1 aliphatic heterocycles. The van der Waals surface area contributed by atoms with Crippen LogP contribution in [0.1, 0.15) is 12.8 Å². The zero-order valence-corrected chi connectivity index (χ0v) is 9.90. The average Bonchev–Trinajstić information content (AvgIpc) is 2.16. The Morgan fingerprint density at radius 2 is 2.00 bits per heavy atom. The van der Waals surface area contributed by atoms with Crippen molar-refractivity contribution in [1.29, 1.82) is 0 Å². The normalized spacial score (nSPS) is 20.1. The van der Waals surface area contributed by atoms with Crippen LogP contribution in [0.2, 0.25) is 0 Å². The highest BCUT2D eigenvalue weighted by molar-refractivity contribution is 7.88. The predicted molar refractivity (Wildman–Crippen MR) is 59.4 cm³/mol. The van der Waals surface area contributed by atoms with Gasteiger partial charge in [0.15, 0.2) is 0 Å². The molecule has 92 valence electrons. The second-order valence-electron chi connectivity index (χ2n) is 3.77. The molecular formula is C9H16N2O4S. The number of carboxylic acid groups (broad SMARTS) is 1. The van der Waals surface area contributed by atoms with Crippen molar-refractivity contribution in [3.8, 4) is 0 Å². The second kappa shape index (κ2) is 5.31. The van der Waals surface area contributed by atoms with Gasteiger partial charge in [-0.1, -0.05) is 0 Å². The van der Waals surface area contributed by atoms with Crippen molar-refractivity contribution in [3.05, 3.63) is 12.3 Å². The van der Waals surface area contributed by atoms with E-state index in [0.717, 1.165) is 6.08 Å².